The summed E-state index contributed by atoms with van der Waals surface area (Å²) in [5.41, 5.74) is 1.56. The Hall–Kier alpha value is -2.14. The summed E-state index contributed by atoms with van der Waals surface area (Å²) in [6.07, 6.45) is 2.85. The number of aromatic amines is 1. The third kappa shape index (κ3) is 3.92. The fourth-order valence-corrected chi connectivity index (χ4v) is 2.17. The lowest BCUT2D eigenvalue weighted by atomic mass is 10.2. The predicted molar refractivity (Wildman–Crippen MR) is 82.3 cm³/mol. The van der Waals surface area contributed by atoms with Gasteiger partial charge < -0.3 is 19.8 Å². The molecule has 5 nitrogen and oxygen atoms in total. The van der Waals surface area contributed by atoms with E-state index in [1.54, 1.807) is 12.1 Å². The van der Waals surface area contributed by atoms with Gasteiger partial charge in [-0.2, -0.15) is 0 Å². The number of carbonyl (C=O) groups excluding carboxylic acids is 1. The standard InChI is InChI=1S/C15H17ClN2O3/c1-20-13-9-12(14(21-2)8-11(13)16)18-15(19)6-5-10-4-3-7-17-10/h3-4,7-9,17H,5-6H2,1-2H3,(H,18,19). The van der Waals surface area contributed by atoms with Gasteiger partial charge in [0, 0.05) is 30.4 Å². The Morgan fingerprint density at radius 1 is 1.29 bits per heavy atom. The summed E-state index contributed by atoms with van der Waals surface area (Å²) in [6.45, 7) is 0. The van der Waals surface area contributed by atoms with Crippen molar-refractivity contribution >= 4 is 23.2 Å². The predicted octanol–water partition coefficient (Wildman–Crippen LogP) is 3.26. The molecule has 2 aromatic rings. The molecule has 0 unspecified atom stereocenters. The molecule has 0 aliphatic rings. The van der Waals surface area contributed by atoms with Crippen LogP contribution in [-0.4, -0.2) is 25.1 Å². The highest BCUT2D eigenvalue weighted by Crippen LogP contribution is 2.35. The highest BCUT2D eigenvalue weighted by Gasteiger charge is 2.12. The number of amides is 1. The molecular formula is C15H17ClN2O3. The number of halogens is 1. The number of nitrogens with one attached hydrogen (secondary N) is 2. The third-order valence-corrected chi connectivity index (χ3v) is 3.33. The van der Waals surface area contributed by atoms with Crippen molar-refractivity contribution in [2.75, 3.05) is 19.5 Å². The Balaban J connectivity index is 2.05. The molecule has 21 heavy (non-hydrogen) atoms. The van der Waals surface area contributed by atoms with Gasteiger partial charge in [0.2, 0.25) is 5.91 Å². The topological polar surface area (TPSA) is 63.3 Å². The quantitative estimate of drug-likeness (QED) is 0.861. The fraction of sp³-hybridized carbons (Fsp3) is 0.267. The van der Waals surface area contributed by atoms with Gasteiger partial charge in [0.1, 0.15) is 11.5 Å². The average Bonchev–Trinajstić information content (AvgIpc) is 2.99. The zero-order valence-electron chi connectivity index (χ0n) is 11.9. The molecule has 2 N–H and O–H groups in total. The Morgan fingerprint density at radius 3 is 2.67 bits per heavy atom. The second-order valence-electron chi connectivity index (χ2n) is 4.43. The van der Waals surface area contributed by atoms with Gasteiger partial charge in [0.15, 0.2) is 0 Å². The van der Waals surface area contributed by atoms with Crippen LogP contribution in [-0.2, 0) is 11.2 Å². The van der Waals surface area contributed by atoms with Gasteiger partial charge in [-0.1, -0.05) is 11.6 Å². The summed E-state index contributed by atoms with van der Waals surface area (Å²) >= 11 is 6.02. The number of ether oxygens (including phenoxy) is 2. The Bertz CT molecular complexity index is 612. The Kier molecular flexibility index (Phi) is 5.11. The molecule has 0 aliphatic carbocycles. The van der Waals surface area contributed by atoms with Gasteiger partial charge in [-0.15, -0.1) is 0 Å². The lowest BCUT2D eigenvalue weighted by Gasteiger charge is -2.13. The maximum Gasteiger partial charge on any atom is 0.224 e. The van der Waals surface area contributed by atoms with Crippen LogP contribution in [0.2, 0.25) is 5.02 Å². The van der Waals surface area contributed by atoms with Gasteiger partial charge in [-0.3, -0.25) is 4.79 Å². The maximum absolute atomic E-state index is 12.0. The minimum atomic E-state index is -0.104. The van der Waals surface area contributed by atoms with Crippen LogP contribution >= 0.6 is 11.6 Å². The number of benzene rings is 1. The van der Waals surface area contributed by atoms with Gasteiger partial charge in [0.25, 0.3) is 0 Å². The SMILES string of the molecule is COc1cc(NC(=O)CCc2ccc[nH]2)c(OC)cc1Cl. The molecule has 1 aromatic heterocycles. The third-order valence-electron chi connectivity index (χ3n) is 3.03. The van der Waals surface area contributed by atoms with E-state index in [2.05, 4.69) is 10.3 Å². The van der Waals surface area contributed by atoms with Crippen molar-refractivity contribution in [2.45, 2.75) is 12.8 Å². The van der Waals surface area contributed by atoms with Crippen molar-refractivity contribution in [3.8, 4) is 11.5 Å². The smallest absolute Gasteiger partial charge is 0.224 e. The van der Waals surface area contributed by atoms with E-state index in [9.17, 15) is 4.79 Å². The number of hydrogen-bond donors (Lipinski definition) is 2. The summed E-state index contributed by atoms with van der Waals surface area (Å²) in [5.74, 6) is 0.874. The Labute approximate surface area is 128 Å². The number of rotatable bonds is 6. The summed E-state index contributed by atoms with van der Waals surface area (Å²) in [4.78, 5) is 15.1. The molecular weight excluding hydrogens is 292 g/mol. The van der Waals surface area contributed by atoms with E-state index in [4.69, 9.17) is 21.1 Å². The summed E-state index contributed by atoms with van der Waals surface area (Å²) < 4.78 is 10.4. The van der Waals surface area contributed by atoms with Crippen molar-refractivity contribution in [3.63, 3.8) is 0 Å². The number of methoxy groups -OCH3 is 2. The fourth-order valence-electron chi connectivity index (χ4n) is 1.94. The number of aromatic nitrogens is 1. The molecule has 0 bridgehead atoms. The highest BCUT2D eigenvalue weighted by atomic mass is 35.5. The van der Waals surface area contributed by atoms with E-state index in [0.29, 0.717) is 35.1 Å². The van der Waals surface area contributed by atoms with Crippen LogP contribution in [0.1, 0.15) is 12.1 Å². The molecule has 1 aromatic carbocycles. The van der Waals surface area contributed by atoms with Crippen molar-refractivity contribution < 1.29 is 14.3 Å². The van der Waals surface area contributed by atoms with Gasteiger partial charge in [-0.25, -0.2) is 0 Å². The van der Waals surface area contributed by atoms with Crippen LogP contribution < -0.4 is 14.8 Å². The second-order valence-corrected chi connectivity index (χ2v) is 4.84. The summed E-state index contributed by atoms with van der Waals surface area (Å²) in [5, 5.41) is 3.24. The molecule has 0 fully saturated rings. The van der Waals surface area contributed by atoms with Crippen molar-refractivity contribution in [1.29, 1.82) is 0 Å². The van der Waals surface area contributed by atoms with Gasteiger partial charge >= 0.3 is 0 Å². The van der Waals surface area contributed by atoms with E-state index in [1.807, 2.05) is 18.3 Å². The summed E-state index contributed by atoms with van der Waals surface area (Å²) in [7, 11) is 3.04. The van der Waals surface area contributed by atoms with E-state index in [0.717, 1.165) is 5.69 Å². The molecule has 1 heterocycles. The first kappa shape index (κ1) is 15.3. The number of anilines is 1. The molecule has 0 radical (unpaired) electrons. The lowest BCUT2D eigenvalue weighted by Crippen LogP contribution is -2.13. The lowest BCUT2D eigenvalue weighted by molar-refractivity contribution is -0.116. The molecule has 1 amide bonds. The Morgan fingerprint density at radius 2 is 2.05 bits per heavy atom. The van der Waals surface area contributed by atoms with Crippen LogP contribution in [0.3, 0.4) is 0 Å². The van der Waals surface area contributed by atoms with Crippen molar-refractivity contribution in [2.24, 2.45) is 0 Å². The van der Waals surface area contributed by atoms with Crippen LogP contribution in [0.25, 0.3) is 0 Å². The first-order chi connectivity index (χ1) is 10.1. The van der Waals surface area contributed by atoms with Crippen LogP contribution in [0.15, 0.2) is 30.5 Å². The van der Waals surface area contributed by atoms with Crippen LogP contribution in [0.4, 0.5) is 5.69 Å². The minimum absolute atomic E-state index is 0.104. The van der Waals surface area contributed by atoms with Crippen LogP contribution in [0.5, 0.6) is 11.5 Å². The normalized spacial score (nSPS) is 10.2. The molecule has 0 aliphatic heterocycles. The number of aryl methyl sites for hydroxylation is 1. The number of H-pyrrole nitrogens is 1. The van der Waals surface area contributed by atoms with Gasteiger partial charge in [0.05, 0.1) is 24.9 Å². The highest BCUT2D eigenvalue weighted by molar-refractivity contribution is 6.32. The van der Waals surface area contributed by atoms with E-state index >= 15 is 0 Å². The molecule has 0 saturated heterocycles. The van der Waals surface area contributed by atoms with E-state index < -0.39 is 0 Å². The van der Waals surface area contributed by atoms with Crippen LogP contribution in [0, 0.1) is 0 Å². The minimum Gasteiger partial charge on any atom is -0.495 e. The number of carbonyl (C=O) groups is 1. The maximum atomic E-state index is 12.0. The number of hydrogen-bond acceptors (Lipinski definition) is 3. The van der Waals surface area contributed by atoms with E-state index in [1.165, 1.54) is 14.2 Å². The monoisotopic (exact) mass is 308 g/mol. The zero-order valence-corrected chi connectivity index (χ0v) is 12.7. The molecule has 112 valence electrons. The average molecular weight is 309 g/mol. The molecule has 6 heteroatoms. The first-order valence-electron chi connectivity index (χ1n) is 6.47. The van der Waals surface area contributed by atoms with Gasteiger partial charge in [-0.05, 0) is 18.6 Å². The second kappa shape index (κ2) is 7.04. The van der Waals surface area contributed by atoms with Crippen molar-refractivity contribution in [1.82, 2.24) is 4.98 Å². The molecule has 0 saturated carbocycles. The molecule has 0 spiro atoms. The largest absolute Gasteiger partial charge is 0.495 e. The first-order valence-corrected chi connectivity index (χ1v) is 6.85. The zero-order chi connectivity index (χ0) is 15.2. The summed E-state index contributed by atoms with van der Waals surface area (Å²) in [6, 6.07) is 7.11. The molecule has 0 atom stereocenters. The van der Waals surface area contributed by atoms with Crippen molar-refractivity contribution in [3.05, 3.63) is 41.2 Å². The van der Waals surface area contributed by atoms with E-state index in [-0.39, 0.29) is 5.91 Å². The molecule has 2 rings (SSSR count).